The van der Waals surface area contributed by atoms with Crippen molar-refractivity contribution in [1.29, 1.82) is 0 Å². The number of ether oxygens (including phenoxy) is 3. The van der Waals surface area contributed by atoms with Crippen molar-refractivity contribution in [3.63, 3.8) is 0 Å². The van der Waals surface area contributed by atoms with E-state index >= 15 is 0 Å². The lowest BCUT2D eigenvalue weighted by atomic mass is 10.2. The highest BCUT2D eigenvalue weighted by Gasteiger charge is 2.09. The predicted octanol–water partition coefficient (Wildman–Crippen LogP) is 4.09. The topological polar surface area (TPSA) is 56.8 Å². The second-order valence-electron chi connectivity index (χ2n) is 4.36. The fourth-order valence-electron chi connectivity index (χ4n) is 1.87. The molecule has 0 aliphatic heterocycles. The van der Waals surface area contributed by atoms with Crippen molar-refractivity contribution in [2.24, 2.45) is 0 Å². The zero-order chi connectivity index (χ0) is 15.8. The molecule has 0 fully saturated rings. The third-order valence-corrected chi connectivity index (χ3v) is 2.74. The fraction of sp³-hybridized carbons (Fsp3) is 0.235. The quantitative estimate of drug-likeness (QED) is 0.873. The number of anilines is 1. The largest absolute Gasteiger partial charge is 0.490 e. The highest BCUT2D eigenvalue weighted by molar-refractivity contribution is 5.86. The van der Waals surface area contributed by atoms with Gasteiger partial charge in [-0.25, -0.2) is 4.79 Å². The Kier molecular flexibility index (Phi) is 5.65. The van der Waals surface area contributed by atoms with Crippen molar-refractivity contribution in [2.75, 3.05) is 18.5 Å². The Morgan fingerprint density at radius 1 is 0.955 bits per heavy atom. The predicted molar refractivity (Wildman–Crippen MR) is 84.9 cm³/mol. The highest BCUT2D eigenvalue weighted by Crippen LogP contribution is 2.30. The van der Waals surface area contributed by atoms with Gasteiger partial charge in [0.2, 0.25) is 0 Å². The van der Waals surface area contributed by atoms with Crippen molar-refractivity contribution in [1.82, 2.24) is 0 Å². The maximum absolute atomic E-state index is 11.9. The lowest BCUT2D eigenvalue weighted by Gasteiger charge is -2.13. The Labute approximate surface area is 129 Å². The first-order chi connectivity index (χ1) is 10.7. The molecule has 116 valence electrons. The lowest BCUT2D eigenvalue weighted by molar-refractivity contribution is 0.215. The van der Waals surface area contributed by atoms with Gasteiger partial charge < -0.3 is 14.2 Å². The summed E-state index contributed by atoms with van der Waals surface area (Å²) in [6.07, 6.45) is -0.558. The summed E-state index contributed by atoms with van der Waals surface area (Å²) < 4.78 is 16.2. The minimum atomic E-state index is -0.558. The molecule has 0 aliphatic carbocycles. The molecule has 2 aromatic carbocycles. The van der Waals surface area contributed by atoms with Crippen molar-refractivity contribution >= 4 is 11.8 Å². The van der Waals surface area contributed by atoms with E-state index in [1.165, 1.54) is 0 Å². The van der Waals surface area contributed by atoms with E-state index in [0.29, 0.717) is 36.1 Å². The van der Waals surface area contributed by atoms with Gasteiger partial charge in [0.25, 0.3) is 0 Å². The monoisotopic (exact) mass is 301 g/mol. The van der Waals surface area contributed by atoms with Crippen LogP contribution in [0.25, 0.3) is 0 Å². The van der Waals surface area contributed by atoms with Gasteiger partial charge in [-0.05, 0) is 38.1 Å². The molecule has 5 heteroatoms. The summed E-state index contributed by atoms with van der Waals surface area (Å²) in [5.41, 5.74) is 0.577. The summed E-state index contributed by atoms with van der Waals surface area (Å²) in [7, 11) is 0. The van der Waals surface area contributed by atoms with Crippen LogP contribution in [-0.4, -0.2) is 19.3 Å². The van der Waals surface area contributed by atoms with Crippen LogP contribution in [-0.2, 0) is 0 Å². The van der Waals surface area contributed by atoms with E-state index in [4.69, 9.17) is 14.2 Å². The average Bonchev–Trinajstić information content (AvgIpc) is 2.51. The van der Waals surface area contributed by atoms with E-state index in [2.05, 4.69) is 5.32 Å². The number of nitrogens with one attached hydrogen (secondary N) is 1. The van der Waals surface area contributed by atoms with Gasteiger partial charge in [0.1, 0.15) is 5.75 Å². The van der Waals surface area contributed by atoms with Crippen molar-refractivity contribution in [2.45, 2.75) is 13.8 Å². The Bertz CT molecular complexity index is 613. The SMILES string of the molecule is CCOc1ccc(NC(=O)Oc2ccccc2)cc1OCC. The Balaban J connectivity index is 2.05. The van der Waals surface area contributed by atoms with Crippen LogP contribution in [0.3, 0.4) is 0 Å². The molecule has 0 aromatic heterocycles. The van der Waals surface area contributed by atoms with E-state index in [1.807, 2.05) is 19.9 Å². The number of para-hydroxylation sites is 1. The lowest BCUT2D eigenvalue weighted by Crippen LogP contribution is -2.16. The van der Waals surface area contributed by atoms with Crippen molar-refractivity contribution < 1.29 is 19.0 Å². The standard InChI is InChI=1S/C17H19NO4/c1-3-20-15-11-10-13(12-16(15)21-4-2)18-17(19)22-14-8-6-5-7-9-14/h5-12H,3-4H2,1-2H3,(H,18,19). The van der Waals surface area contributed by atoms with Crippen LogP contribution >= 0.6 is 0 Å². The molecule has 0 bridgehead atoms. The van der Waals surface area contributed by atoms with Crippen LogP contribution in [0.1, 0.15) is 13.8 Å². The molecule has 0 unspecified atom stereocenters. The molecule has 0 spiro atoms. The van der Waals surface area contributed by atoms with Gasteiger partial charge in [-0.2, -0.15) is 0 Å². The second-order valence-corrected chi connectivity index (χ2v) is 4.36. The Morgan fingerprint density at radius 3 is 2.32 bits per heavy atom. The maximum Gasteiger partial charge on any atom is 0.417 e. The number of amides is 1. The van der Waals surface area contributed by atoms with E-state index in [-0.39, 0.29) is 0 Å². The summed E-state index contributed by atoms with van der Waals surface area (Å²) in [5, 5.41) is 2.66. The van der Waals surface area contributed by atoms with Crippen LogP contribution in [0.4, 0.5) is 10.5 Å². The highest BCUT2D eigenvalue weighted by atomic mass is 16.6. The number of carbonyl (C=O) groups excluding carboxylic acids is 1. The number of hydrogen-bond donors (Lipinski definition) is 1. The van der Waals surface area contributed by atoms with Crippen LogP contribution in [0.2, 0.25) is 0 Å². The Morgan fingerprint density at radius 2 is 1.64 bits per heavy atom. The van der Waals surface area contributed by atoms with Crippen molar-refractivity contribution in [3.05, 3.63) is 48.5 Å². The molecule has 1 N–H and O–H groups in total. The maximum atomic E-state index is 11.9. The third-order valence-electron chi connectivity index (χ3n) is 2.74. The van der Waals surface area contributed by atoms with E-state index < -0.39 is 6.09 Å². The molecular weight excluding hydrogens is 282 g/mol. The molecule has 2 rings (SSSR count). The molecule has 22 heavy (non-hydrogen) atoms. The first-order valence-corrected chi connectivity index (χ1v) is 7.16. The molecule has 0 aliphatic rings. The van der Waals surface area contributed by atoms with E-state index in [9.17, 15) is 4.79 Å². The normalized spacial score (nSPS) is 9.91. The van der Waals surface area contributed by atoms with Gasteiger partial charge >= 0.3 is 6.09 Å². The summed E-state index contributed by atoms with van der Waals surface area (Å²) in [6.45, 7) is 4.85. The molecule has 0 heterocycles. The second kappa shape index (κ2) is 7.93. The van der Waals surface area contributed by atoms with E-state index in [0.717, 1.165) is 0 Å². The summed E-state index contributed by atoms with van der Waals surface area (Å²) in [5.74, 6) is 1.71. The zero-order valence-corrected chi connectivity index (χ0v) is 12.7. The summed E-state index contributed by atoms with van der Waals surface area (Å²) in [6, 6.07) is 14.1. The van der Waals surface area contributed by atoms with Gasteiger partial charge in [0.15, 0.2) is 11.5 Å². The van der Waals surface area contributed by atoms with Crippen LogP contribution < -0.4 is 19.5 Å². The average molecular weight is 301 g/mol. The van der Waals surface area contributed by atoms with Gasteiger partial charge in [0, 0.05) is 11.8 Å². The van der Waals surface area contributed by atoms with Crippen LogP contribution in [0, 0.1) is 0 Å². The van der Waals surface area contributed by atoms with Gasteiger partial charge in [0.05, 0.1) is 13.2 Å². The molecular formula is C17H19NO4. The van der Waals surface area contributed by atoms with Gasteiger partial charge in [-0.3, -0.25) is 5.32 Å². The Hall–Kier alpha value is -2.69. The molecule has 1 amide bonds. The first kappa shape index (κ1) is 15.7. The van der Waals surface area contributed by atoms with E-state index in [1.54, 1.807) is 42.5 Å². The number of hydrogen-bond acceptors (Lipinski definition) is 4. The van der Waals surface area contributed by atoms with Gasteiger partial charge in [-0.15, -0.1) is 0 Å². The van der Waals surface area contributed by atoms with Crippen LogP contribution in [0.5, 0.6) is 17.2 Å². The number of rotatable bonds is 6. The minimum absolute atomic E-state index is 0.482. The fourth-order valence-corrected chi connectivity index (χ4v) is 1.87. The minimum Gasteiger partial charge on any atom is -0.490 e. The molecule has 0 saturated carbocycles. The van der Waals surface area contributed by atoms with Gasteiger partial charge in [-0.1, -0.05) is 18.2 Å². The number of benzene rings is 2. The van der Waals surface area contributed by atoms with Crippen molar-refractivity contribution in [3.8, 4) is 17.2 Å². The molecule has 0 saturated heterocycles. The molecule has 0 radical (unpaired) electrons. The molecule has 2 aromatic rings. The van der Waals surface area contributed by atoms with Crippen LogP contribution in [0.15, 0.2) is 48.5 Å². The summed E-state index contributed by atoms with van der Waals surface area (Å²) in [4.78, 5) is 11.9. The number of carbonyl (C=O) groups is 1. The zero-order valence-electron chi connectivity index (χ0n) is 12.7. The first-order valence-electron chi connectivity index (χ1n) is 7.16. The molecule has 0 atom stereocenters. The summed E-state index contributed by atoms with van der Waals surface area (Å²) >= 11 is 0. The third kappa shape index (κ3) is 4.41. The molecule has 5 nitrogen and oxygen atoms in total. The smallest absolute Gasteiger partial charge is 0.417 e.